The van der Waals surface area contributed by atoms with Crippen molar-refractivity contribution in [3.63, 3.8) is 0 Å². The standard InChI is InChI=1S/C20H22N2O4S/c1-4-5-10-26-18(23)12-22-19(24)17(27-20(22)25)11-15-13(2)21(3)16-9-7-6-8-14(15)16/h6-9,11H,4-5,10,12H2,1-3H3/b17-11-. The summed E-state index contributed by atoms with van der Waals surface area (Å²) >= 11 is 0.855. The van der Waals surface area contributed by atoms with Gasteiger partial charge in [-0.05, 0) is 37.2 Å². The lowest BCUT2D eigenvalue weighted by atomic mass is 10.1. The minimum absolute atomic E-state index is 0.302. The Kier molecular flexibility index (Phi) is 5.70. The number of carbonyl (C=O) groups excluding carboxylic acids is 3. The van der Waals surface area contributed by atoms with Crippen molar-refractivity contribution in [1.82, 2.24) is 9.47 Å². The topological polar surface area (TPSA) is 68.6 Å². The molecule has 2 heterocycles. The number of ether oxygens (including phenoxy) is 1. The Balaban J connectivity index is 1.83. The van der Waals surface area contributed by atoms with Gasteiger partial charge in [0, 0.05) is 29.2 Å². The smallest absolute Gasteiger partial charge is 0.326 e. The van der Waals surface area contributed by atoms with Gasteiger partial charge >= 0.3 is 5.97 Å². The molecule has 1 aromatic carbocycles. The molecule has 0 bridgehead atoms. The normalized spacial score (nSPS) is 16.0. The van der Waals surface area contributed by atoms with Crippen molar-refractivity contribution < 1.29 is 19.1 Å². The fourth-order valence-electron chi connectivity index (χ4n) is 3.00. The van der Waals surface area contributed by atoms with Crippen LogP contribution < -0.4 is 0 Å². The van der Waals surface area contributed by atoms with E-state index in [1.165, 1.54) is 0 Å². The van der Waals surface area contributed by atoms with Crippen LogP contribution in [0.1, 0.15) is 31.0 Å². The number of thioether (sulfide) groups is 1. The number of hydrogen-bond acceptors (Lipinski definition) is 5. The number of imide groups is 1. The molecule has 0 radical (unpaired) electrons. The highest BCUT2D eigenvalue weighted by Gasteiger charge is 2.37. The minimum Gasteiger partial charge on any atom is -0.464 e. The number of nitrogens with zero attached hydrogens (tertiary/aromatic N) is 2. The first-order valence-corrected chi connectivity index (χ1v) is 9.70. The summed E-state index contributed by atoms with van der Waals surface area (Å²) in [6.07, 6.45) is 3.40. The van der Waals surface area contributed by atoms with Crippen molar-refractivity contribution in [3.8, 4) is 0 Å². The first-order chi connectivity index (χ1) is 12.9. The maximum absolute atomic E-state index is 12.6. The van der Waals surface area contributed by atoms with Gasteiger partial charge in [-0.3, -0.25) is 19.3 Å². The third-order valence-electron chi connectivity index (χ3n) is 4.65. The quantitative estimate of drug-likeness (QED) is 0.428. The fraction of sp³-hybridized carbons (Fsp3) is 0.350. The number of hydrogen-bond donors (Lipinski definition) is 0. The van der Waals surface area contributed by atoms with Crippen molar-refractivity contribution in [1.29, 1.82) is 0 Å². The Morgan fingerprint density at radius 1 is 1.26 bits per heavy atom. The molecule has 0 spiro atoms. The highest BCUT2D eigenvalue weighted by atomic mass is 32.2. The third-order valence-corrected chi connectivity index (χ3v) is 5.55. The van der Waals surface area contributed by atoms with Gasteiger partial charge in [-0.1, -0.05) is 31.5 Å². The van der Waals surface area contributed by atoms with Crippen LogP contribution in [0.2, 0.25) is 0 Å². The van der Waals surface area contributed by atoms with Crippen molar-refractivity contribution in [2.75, 3.05) is 13.2 Å². The lowest BCUT2D eigenvalue weighted by Crippen LogP contribution is -2.34. The predicted octanol–water partition coefficient (Wildman–Crippen LogP) is 3.87. The molecule has 2 aromatic rings. The zero-order valence-corrected chi connectivity index (χ0v) is 16.5. The molecule has 1 aliphatic heterocycles. The van der Waals surface area contributed by atoms with Gasteiger partial charge in [0.05, 0.1) is 11.5 Å². The third kappa shape index (κ3) is 3.78. The van der Waals surface area contributed by atoms with Crippen LogP contribution in [0.5, 0.6) is 0 Å². The van der Waals surface area contributed by atoms with E-state index in [1.807, 2.05) is 45.2 Å². The Morgan fingerprint density at radius 3 is 2.74 bits per heavy atom. The Bertz CT molecular complexity index is 945. The van der Waals surface area contributed by atoms with Gasteiger partial charge in [0.1, 0.15) is 6.54 Å². The van der Waals surface area contributed by atoms with Gasteiger partial charge in [-0.2, -0.15) is 0 Å². The van der Waals surface area contributed by atoms with Gasteiger partial charge in [0.15, 0.2) is 0 Å². The average Bonchev–Trinajstić information content (AvgIpc) is 3.05. The largest absolute Gasteiger partial charge is 0.464 e. The second-order valence-electron chi connectivity index (χ2n) is 6.42. The number of para-hydroxylation sites is 1. The summed E-state index contributed by atoms with van der Waals surface area (Å²) in [7, 11) is 1.97. The van der Waals surface area contributed by atoms with Crippen LogP contribution in [0.15, 0.2) is 29.2 Å². The number of aromatic nitrogens is 1. The summed E-state index contributed by atoms with van der Waals surface area (Å²) in [4.78, 5) is 38.0. The van der Waals surface area contributed by atoms with Crippen molar-refractivity contribution in [2.24, 2.45) is 7.05 Å². The van der Waals surface area contributed by atoms with Crippen LogP contribution in [0.3, 0.4) is 0 Å². The lowest BCUT2D eigenvalue weighted by Gasteiger charge is -2.11. The van der Waals surface area contributed by atoms with Crippen LogP contribution in [-0.2, 0) is 21.4 Å². The molecule has 6 nitrogen and oxygen atoms in total. The lowest BCUT2D eigenvalue weighted by molar-refractivity contribution is -0.146. The zero-order valence-electron chi connectivity index (χ0n) is 15.7. The Hall–Kier alpha value is -2.54. The predicted molar refractivity (Wildman–Crippen MR) is 106 cm³/mol. The number of amides is 2. The zero-order chi connectivity index (χ0) is 19.6. The molecule has 0 saturated carbocycles. The number of carbonyl (C=O) groups is 3. The Morgan fingerprint density at radius 2 is 2.00 bits per heavy atom. The van der Waals surface area contributed by atoms with Gasteiger partial charge in [-0.15, -0.1) is 0 Å². The number of rotatable bonds is 6. The van der Waals surface area contributed by atoms with E-state index in [4.69, 9.17) is 4.74 Å². The second-order valence-corrected chi connectivity index (χ2v) is 7.41. The number of benzene rings is 1. The molecule has 27 heavy (non-hydrogen) atoms. The van der Waals surface area contributed by atoms with Gasteiger partial charge in [-0.25, -0.2) is 0 Å². The monoisotopic (exact) mass is 386 g/mol. The van der Waals surface area contributed by atoms with Crippen molar-refractivity contribution >= 4 is 45.9 Å². The molecular formula is C20H22N2O4S. The molecule has 0 unspecified atom stereocenters. The molecule has 1 aromatic heterocycles. The van der Waals surface area contributed by atoms with Gasteiger partial charge < -0.3 is 9.30 Å². The molecule has 3 rings (SSSR count). The van der Waals surface area contributed by atoms with Crippen LogP contribution in [0, 0.1) is 6.92 Å². The highest BCUT2D eigenvalue weighted by molar-refractivity contribution is 8.18. The summed E-state index contributed by atoms with van der Waals surface area (Å²) in [5.41, 5.74) is 2.96. The summed E-state index contributed by atoms with van der Waals surface area (Å²) in [6.45, 7) is 3.92. The van der Waals surface area contributed by atoms with E-state index in [9.17, 15) is 14.4 Å². The fourth-order valence-corrected chi connectivity index (χ4v) is 3.82. The summed E-state index contributed by atoms with van der Waals surface area (Å²) in [6, 6.07) is 7.90. The van der Waals surface area contributed by atoms with E-state index in [1.54, 1.807) is 6.08 Å². The van der Waals surface area contributed by atoms with Gasteiger partial charge in [0.2, 0.25) is 0 Å². The molecule has 2 amide bonds. The van der Waals surface area contributed by atoms with E-state index in [2.05, 4.69) is 4.57 Å². The molecule has 1 aliphatic rings. The molecule has 0 atom stereocenters. The Labute approximate surface area is 162 Å². The van der Waals surface area contributed by atoms with Crippen LogP contribution in [0.25, 0.3) is 17.0 Å². The molecule has 142 valence electrons. The second kappa shape index (κ2) is 8.00. The maximum atomic E-state index is 12.6. The van der Waals surface area contributed by atoms with E-state index < -0.39 is 17.1 Å². The molecule has 0 N–H and O–H groups in total. The van der Waals surface area contributed by atoms with Crippen LogP contribution in [-0.4, -0.2) is 39.7 Å². The number of aryl methyl sites for hydroxylation is 1. The molecule has 1 fully saturated rings. The molecule has 0 aliphatic carbocycles. The first kappa shape index (κ1) is 19.2. The minimum atomic E-state index is -0.562. The summed E-state index contributed by atoms with van der Waals surface area (Å²) < 4.78 is 7.11. The van der Waals surface area contributed by atoms with Crippen LogP contribution >= 0.6 is 11.8 Å². The maximum Gasteiger partial charge on any atom is 0.326 e. The molecular weight excluding hydrogens is 364 g/mol. The summed E-state index contributed by atoms with van der Waals surface area (Å²) in [5, 5.41) is 0.569. The molecule has 1 saturated heterocycles. The summed E-state index contributed by atoms with van der Waals surface area (Å²) in [5.74, 6) is -1.02. The van der Waals surface area contributed by atoms with E-state index in [0.717, 1.165) is 51.7 Å². The van der Waals surface area contributed by atoms with E-state index in [0.29, 0.717) is 11.5 Å². The highest BCUT2D eigenvalue weighted by Crippen LogP contribution is 2.35. The number of unbranched alkanes of at least 4 members (excludes halogenated alkanes) is 1. The SMILES string of the molecule is CCCCOC(=O)CN1C(=O)S/C(=C\c2c(C)n(C)c3ccccc23)C1=O. The van der Waals surface area contributed by atoms with Gasteiger partial charge in [0.25, 0.3) is 11.1 Å². The van der Waals surface area contributed by atoms with Crippen molar-refractivity contribution in [2.45, 2.75) is 26.7 Å². The van der Waals surface area contributed by atoms with Crippen molar-refractivity contribution in [3.05, 3.63) is 40.4 Å². The number of esters is 1. The van der Waals surface area contributed by atoms with E-state index in [-0.39, 0.29) is 6.54 Å². The molecule has 7 heteroatoms. The van der Waals surface area contributed by atoms with Crippen LogP contribution in [0.4, 0.5) is 4.79 Å². The average molecular weight is 386 g/mol. The van der Waals surface area contributed by atoms with E-state index >= 15 is 0 Å². The number of fused-ring (bicyclic) bond motifs is 1. The first-order valence-electron chi connectivity index (χ1n) is 8.89.